The number of anilines is 2. The van der Waals surface area contributed by atoms with Crippen LogP contribution in [0.1, 0.15) is 27.2 Å². The van der Waals surface area contributed by atoms with Crippen LogP contribution in [0.15, 0.2) is 97.2 Å². The quantitative estimate of drug-likeness (QED) is 0.135. The Balaban J connectivity index is 1.13. The predicted molar refractivity (Wildman–Crippen MR) is 171 cm³/mol. The summed E-state index contributed by atoms with van der Waals surface area (Å²) in [5, 5.41) is 7.30. The van der Waals surface area contributed by atoms with Gasteiger partial charge in [-0.3, -0.25) is 9.59 Å². The highest BCUT2D eigenvalue weighted by Crippen LogP contribution is 2.32. The van der Waals surface area contributed by atoms with E-state index in [1.807, 2.05) is 30.3 Å². The van der Waals surface area contributed by atoms with Crippen molar-refractivity contribution in [3.05, 3.63) is 131 Å². The van der Waals surface area contributed by atoms with Gasteiger partial charge in [-0.1, -0.05) is 42.5 Å². The number of hydrogen-bond donors (Lipinski definition) is 3. The molecule has 4 aromatic carbocycles. The number of rotatable bonds is 8. The molecule has 7 rings (SSSR count). The van der Waals surface area contributed by atoms with Crippen molar-refractivity contribution >= 4 is 40.1 Å². The van der Waals surface area contributed by atoms with Crippen molar-refractivity contribution in [2.24, 2.45) is 0 Å². The molecule has 4 N–H and O–H groups in total. The van der Waals surface area contributed by atoms with Crippen molar-refractivity contribution in [1.82, 2.24) is 20.1 Å². The van der Waals surface area contributed by atoms with Crippen LogP contribution >= 0.6 is 0 Å². The Morgan fingerprint density at radius 1 is 0.936 bits per heavy atom. The van der Waals surface area contributed by atoms with Gasteiger partial charge in [0.2, 0.25) is 5.78 Å². The zero-order valence-electron chi connectivity index (χ0n) is 24.8. The molecule has 47 heavy (non-hydrogen) atoms. The Hall–Kier alpha value is -6.30. The lowest BCUT2D eigenvalue weighted by Crippen LogP contribution is -2.33. The first kappa shape index (κ1) is 29.4. The van der Waals surface area contributed by atoms with Gasteiger partial charge in [0.1, 0.15) is 23.4 Å². The number of amides is 3. The number of halogens is 2. The molecule has 234 valence electrons. The lowest BCUT2D eigenvalue weighted by molar-refractivity contribution is -0.118. The number of carbonyl (C=O) groups is 3. The number of urea groups is 1. The molecule has 12 heteroatoms. The number of imide groups is 1. The molecule has 3 amide bonds. The van der Waals surface area contributed by atoms with E-state index in [-0.39, 0.29) is 34.9 Å². The summed E-state index contributed by atoms with van der Waals surface area (Å²) in [5.74, 6) is -1.82. The molecule has 1 aliphatic rings. The van der Waals surface area contributed by atoms with Gasteiger partial charge >= 0.3 is 6.03 Å². The van der Waals surface area contributed by atoms with Gasteiger partial charge in [0, 0.05) is 17.3 Å². The zero-order valence-corrected chi connectivity index (χ0v) is 24.8. The van der Waals surface area contributed by atoms with Gasteiger partial charge in [-0.05, 0) is 66.6 Å². The molecule has 1 saturated heterocycles. The number of fused-ring (bicyclic) bond motifs is 1. The van der Waals surface area contributed by atoms with Gasteiger partial charge in [0.05, 0.1) is 28.8 Å². The molecule has 1 fully saturated rings. The number of nitrogens with one attached hydrogen (secondary N) is 2. The fourth-order valence-electron chi connectivity index (χ4n) is 5.64. The van der Waals surface area contributed by atoms with Crippen molar-refractivity contribution in [1.29, 1.82) is 0 Å². The molecule has 0 radical (unpaired) electrons. The number of benzene rings is 4. The third kappa shape index (κ3) is 5.35. The van der Waals surface area contributed by atoms with Gasteiger partial charge in [-0.2, -0.15) is 5.10 Å². The topological polar surface area (TPSA) is 135 Å². The SMILES string of the molecule is Cc1cc(Oc2ccccc2F)ccc1-n1ncc(C(=O)c2cc3cc(F)c(N4C(=O)NC(Cc5ccccc5)C4=O)cc3[nH]2)c1N. The summed E-state index contributed by atoms with van der Waals surface area (Å²) in [6, 6.07) is 22.6. The zero-order chi connectivity index (χ0) is 32.8. The molecular formula is C35H26F2N6O4. The lowest BCUT2D eigenvalue weighted by Gasteiger charge is -2.14. The summed E-state index contributed by atoms with van der Waals surface area (Å²) in [5.41, 5.74) is 8.81. The first-order chi connectivity index (χ1) is 22.7. The van der Waals surface area contributed by atoms with E-state index >= 15 is 4.39 Å². The van der Waals surface area contributed by atoms with Crippen LogP contribution in [0.5, 0.6) is 11.5 Å². The highest BCUT2D eigenvalue weighted by atomic mass is 19.1. The summed E-state index contributed by atoms with van der Waals surface area (Å²) in [6.07, 6.45) is 1.59. The maximum absolute atomic E-state index is 15.3. The van der Waals surface area contributed by atoms with E-state index in [1.165, 1.54) is 35.1 Å². The van der Waals surface area contributed by atoms with Crippen LogP contribution in [-0.2, 0) is 11.2 Å². The Morgan fingerprint density at radius 3 is 2.47 bits per heavy atom. The van der Waals surface area contributed by atoms with E-state index in [9.17, 15) is 18.8 Å². The molecule has 0 bridgehead atoms. The van der Waals surface area contributed by atoms with E-state index in [0.717, 1.165) is 16.5 Å². The van der Waals surface area contributed by atoms with Crippen LogP contribution in [0.25, 0.3) is 16.6 Å². The number of aromatic nitrogens is 3. The fourth-order valence-corrected chi connectivity index (χ4v) is 5.64. The maximum atomic E-state index is 15.3. The second kappa shape index (κ2) is 11.6. The number of aryl methyl sites for hydroxylation is 1. The highest BCUT2D eigenvalue weighted by molar-refractivity contribution is 6.22. The van der Waals surface area contributed by atoms with E-state index in [1.54, 1.807) is 37.3 Å². The number of ether oxygens (including phenoxy) is 1. The van der Waals surface area contributed by atoms with Gasteiger partial charge in [-0.15, -0.1) is 0 Å². The summed E-state index contributed by atoms with van der Waals surface area (Å²) >= 11 is 0. The summed E-state index contributed by atoms with van der Waals surface area (Å²) in [6.45, 7) is 1.80. The molecule has 10 nitrogen and oxygen atoms in total. The minimum absolute atomic E-state index is 0.0650. The first-order valence-electron chi connectivity index (χ1n) is 14.6. The van der Waals surface area contributed by atoms with Crippen molar-refractivity contribution < 1.29 is 27.9 Å². The number of nitrogens with two attached hydrogens (primary N) is 1. The monoisotopic (exact) mass is 632 g/mol. The molecule has 1 unspecified atom stereocenters. The lowest BCUT2D eigenvalue weighted by atomic mass is 10.1. The van der Waals surface area contributed by atoms with Crippen LogP contribution in [0.2, 0.25) is 0 Å². The molecule has 2 aromatic heterocycles. The van der Waals surface area contributed by atoms with E-state index in [2.05, 4.69) is 15.4 Å². The van der Waals surface area contributed by atoms with Crippen molar-refractivity contribution in [3.8, 4) is 17.2 Å². The van der Waals surface area contributed by atoms with Gasteiger partial charge in [0.15, 0.2) is 11.6 Å². The summed E-state index contributed by atoms with van der Waals surface area (Å²) in [7, 11) is 0. The molecule has 0 aliphatic carbocycles. The molecule has 1 aliphatic heterocycles. The molecule has 6 aromatic rings. The Morgan fingerprint density at radius 2 is 1.70 bits per heavy atom. The van der Waals surface area contributed by atoms with E-state index < -0.39 is 35.4 Å². The molecule has 1 atom stereocenters. The Kier molecular flexibility index (Phi) is 7.24. The molecule has 0 spiro atoms. The number of hydrogen-bond acceptors (Lipinski definition) is 6. The Bertz CT molecular complexity index is 2210. The average Bonchev–Trinajstić information content (AvgIpc) is 3.72. The average molecular weight is 633 g/mol. The second-order valence-corrected chi connectivity index (χ2v) is 11.1. The third-order valence-corrected chi connectivity index (χ3v) is 7.99. The standard InChI is InChI=1S/C35H26F2N6O4/c1-19-13-22(47-31-10-6-5-9-24(31)36)11-12-29(19)43-33(38)23(18-39-43)32(44)27-16-21-15-25(37)30(17-26(21)40-27)42-34(45)28(41-35(42)46)14-20-7-3-2-4-8-20/h2-13,15-18,28,40H,14,38H2,1H3,(H,41,46). The number of aromatic amines is 1. The van der Waals surface area contributed by atoms with Crippen molar-refractivity contribution in [2.75, 3.05) is 10.6 Å². The maximum Gasteiger partial charge on any atom is 0.329 e. The number of para-hydroxylation sites is 1. The number of nitrogens with zero attached hydrogens (tertiary/aromatic N) is 3. The van der Waals surface area contributed by atoms with Crippen LogP contribution < -0.4 is 20.7 Å². The van der Waals surface area contributed by atoms with Crippen LogP contribution in [0.4, 0.5) is 25.1 Å². The second-order valence-electron chi connectivity index (χ2n) is 11.1. The normalized spacial score (nSPS) is 14.5. The smallest absolute Gasteiger partial charge is 0.329 e. The van der Waals surface area contributed by atoms with Crippen LogP contribution in [-0.4, -0.2) is 38.5 Å². The number of nitrogen functional groups attached to an aromatic ring is 1. The van der Waals surface area contributed by atoms with E-state index in [4.69, 9.17) is 10.5 Å². The molecule has 0 saturated carbocycles. The van der Waals surface area contributed by atoms with Gasteiger partial charge in [0.25, 0.3) is 5.91 Å². The fraction of sp³-hybridized carbons (Fsp3) is 0.0857. The highest BCUT2D eigenvalue weighted by Gasteiger charge is 2.40. The number of ketones is 1. The Labute approximate surface area is 266 Å². The minimum atomic E-state index is -0.848. The number of H-pyrrole nitrogens is 1. The van der Waals surface area contributed by atoms with Crippen molar-refractivity contribution in [2.45, 2.75) is 19.4 Å². The minimum Gasteiger partial charge on any atom is -0.454 e. The molecule has 3 heterocycles. The van der Waals surface area contributed by atoms with Crippen LogP contribution in [0.3, 0.4) is 0 Å². The first-order valence-corrected chi connectivity index (χ1v) is 14.6. The number of carbonyl (C=O) groups excluding carboxylic acids is 3. The largest absolute Gasteiger partial charge is 0.454 e. The van der Waals surface area contributed by atoms with Crippen molar-refractivity contribution in [3.63, 3.8) is 0 Å². The van der Waals surface area contributed by atoms with Crippen LogP contribution in [0, 0.1) is 18.6 Å². The molecular weight excluding hydrogens is 606 g/mol. The summed E-state index contributed by atoms with van der Waals surface area (Å²) in [4.78, 5) is 43.3. The summed E-state index contributed by atoms with van der Waals surface area (Å²) < 4.78 is 36.4. The van der Waals surface area contributed by atoms with Gasteiger partial charge in [-0.25, -0.2) is 23.2 Å². The van der Waals surface area contributed by atoms with Gasteiger partial charge < -0.3 is 20.8 Å². The van der Waals surface area contributed by atoms with E-state index in [0.29, 0.717) is 27.9 Å². The third-order valence-electron chi connectivity index (χ3n) is 7.99. The predicted octanol–water partition coefficient (Wildman–Crippen LogP) is 6.21.